The number of nitrogens with two attached hydrogens (primary N) is 1. The quantitative estimate of drug-likeness (QED) is 0.851. The molecular formula is C11H17ClN2OS. The number of hydrogen-bond acceptors (Lipinski definition) is 3. The number of carbonyl (C=O) groups excluding carboxylic acids is 1. The van der Waals surface area contributed by atoms with Crippen LogP contribution in [0.2, 0.25) is 4.34 Å². The van der Waals surface area contributed by atoms with Crippen LogP contribution in [0.15, 0.2) is 12.1 Å². The molecule has 0 saturated carbocycles. The van der Waals surface area contributed by atoms with E-state index in [0.717, 1.165) is 10.8 Å². The Labute approximate surface area is 105 Å². The molecule has 1 aromatic rings. The van der Waals surface area contributed by atoms with E-state index in [-0.39, 0.29) is 17.9 Å². The monoisotopic (exact) mass is 260 g/mol. The van der Waals surface area contributed by atoms with Gasteiger partial charge in [0, 0.05) is 23.4 Å². The SMILES string of the molecule is CC(N)C(C)C(=O)NCCc1ccc(Cl)s1. The van der Waals surface area contributed by atoms with Gasteiger partial charge in [-0.05, 0) is 25.5 Å². The van der Waals surface area contributed by atoms with E-state index < -0.39 is 0 Å². The molecule has 1 heterocycles. The van der Waals surface area contributed by atoms with Crippen LogP contribution >= 0.6 is 22.9 Å². The molecule has 5 heteroatoms. The van der Waals surface area contributed by atoms with Gasteiger partial charge in [-0.15, -0.1) is 11.3 Å². The molecule has 0 spiro atoms. The highest BCUT2D eigenvalue weighted by Gasteiger charge is 2.16. The van der Waals surface area contributed by atoms with E-state index in [0.29, 0.717) is 6.54 Å². The molecule has 0 bridgehead atoms. The van der Waals surface area contributed by atoms with Crippen molar-refractivity contribution in [1.82, 2.24) is 5.32 Å². The summed E-state index contributed by atoms with van der Waals surface area (Å²) in [5.74, 6) is -0.135. The number of nitrogens with one attached hydrogen (secondary N) is 1. The summed E-state index contributed by atoms with van der Waals surface area (Å²) in [5, 5.41) is 2.87. The lowest BCUT2D eigenvalue weighted by atomic mass is 10.0. The summed E-state index contributed by atoms with van der Waals surface area (Å²) in [7, 11) is 0. The third kappa shape index (κ3) is 4.12. The summed E-state index contributed by atoms with van der Waals surface area (Å²) in [4.78, 5) is 12.7. The van der Waals surface area contributed by atoms with E-state index in [9.17, 15) is 4.79 Å². The summed E-state index contributed by atoms with van der Waals surface area (Å²) < 4.78 is 0.783. The van der Waals surface area contributed by atoms with Crippen LogP contribution in [0.4, 0.5) is 0 Å². The fourth-order valence-corrected chi connectivity index (χ4v) is 2.28. The van der Waals surface area contributed by atoms with Crippen molar-refractivity contribution >= 4 is 28.8 Å². The summed E-state index contributed by atoms with van der Waals surface area (Å²) in [6, 6.07) is 3.73. The average Bonchev–Trinajstić information content (AvgIpc) is 2.62. The largest absolute Gasteiger partial charge is 0.355 e. The minimum atomic E-state index is -0.146. The molecule has 1 aromatic heterocycles. The molecule has 0 radical (unpaired) electrons. The summed E-state index contributed by atoms with van der Waals surface area (Å²) in [5.41, 5.74) is 5.65. The molecule has 0 saturated heterocycles. The van der Waals surface area contributed by atoms with E-state index in [2.05, 4.69) is 5.32 Å². The molecule has 90 valence electrons. The summed E-state index contributed by atoms with van der Waals surface area (Å²) in [6.07, 6.45) is 0.814. The van der Waals surface area contributed by atoms with Gasteiger partial charge in [0.1, 0.15) is 0 Å². The molecular weight excluding hydrogens is 244 g/mol. The lowest BCUT2D eigenvalue weighted by Crippen LogP contribution is -2.39. The highest BCUT2D eigenvalue weighted by Crippen LogP contribution is 2.21. The minimum Gasteiger partial charge on any atom is -0.355 e. The van der Waals surface area contributed by atoms with Gasteiger partial charge in [0.05, 0.1) is 4.34 Å². The first-order valence-electron chi connectivity index (χ1n) is 5.28. The van der Waals surface area contributed by atoms with E-state index in [4.69, 9.17) is 17.3 Å². The van der Waals surface area contributed by atoms with Gasteiger partial charge in [-0.25, -0.2) is 0 Å². The van der Waals surface area contributed by atoms with Crippen molar-refractivity contribution in [3.63, 3.8) is 0 Å². The number of amides is 1. The van der Waals surface area contributed by atoms with E-state index in [1.807, 2.05) is 26.0 Å². The maximum Gasteiger partial charge on any atom is 0.224 e. The molecule has 1 rings (SSSR count). The zero-order valence-corrected chi connectivity index (χ0v) is 11.1. The van der Waals surface area contributed by atoms with Crippen LogP contribution in [0.3, 0.4) is 0 Å². The van der Waals surface area contributed by atoms with Crippen molar-refractivity contribution in [3.8, 4) is 0 Å². The first kappa shape index (κ1) is 13.5. The Bertz CT molecular complexity index is 352. The standard InChI is InChI=1S/C11H17ClN2OS/c1-7(8(2)13)11(15)14-6-5-9-3-4-10(12)16-9/h3-4,7-8H,5-6,13H2,1-2H3,(H,14,15). The Morgan fingerprint density at radius 1 is 1.56 bits per heavy atom. The maximum atomic E-state index is 11.6. The van der Waals surface area contributed by atoms with Gasteiger partial charge in [-0.3, -0.25) is 4.79 Å². The van der Waals surface area contributed by atoms with Crippen molar-refractivity contribution in [3.05, 3.63) is 21.3 Å². The third-order valence-electron chi connectivity index (χ3n) is 2.50. The number of thiophene rings is 1. The van der Waals surface area contributed by atoms with Crippen LogP contribution in [0.1, 0.15) is 18.7 Å². The van der Waals surface area contributed by atoms with Gasteiger partial charge >= 0.3 is 0 Å². The number of hydrogen-bond donors (Lipinski definition) is 2. The third-order valence-corrected chi connectivity index (χ3v) is 3.79. The van der Waals surface area contributed by atoms with Gasteiger partial charge in [-0.2, -0.15) is 0 Å². The van der Waals surface area contributed by atoms with Crippen molar-refractivity contribution in [1.29, 1.82) is 0 Å². The van der Waals surface area contributed by atoms with E-state index in [1.165, 1.54) is 4.88 Å². The van der Waals surface area contributed by atoms with Gasteiger partial charge in [0.15, 0.2) is 0 Å². The second-order valence-electron chi connectivity index (χ2n) is 3.89. The van der Waals surface area contributed by atoms with Crippen molar-refractivity contribution in [2.75, 3.05) is 6.54 Å². The molecule has 0 aliphatic carbocycles. The molecule has 16 heavy (non-hydrogen) atoms. The first-order valence-corrected chi connectivity index (χ1v) is 6.47. The fraction of sp³-hybridized carbons (Fsp3) is 0.545. The van der Waals surface area contributed by atoms with Gasteiger partial charge in [0.2, 0.25) is 5.91 Å². The van der Waals surface area contributed by atoms with Crippen molar-refractivity contribution < 1.29 is 4.79 Å². The summed E-state index contributed by atoms with van der Waals surface area (Å²) >= 11 is 7.35. The minimum absolute atomic E-state index is 0.0117. The van der Waals surface area contributed by atoms with Crippen LogP contribution in [-0.4, -0.2) is 18.5 Å². The topological polar surface area (TPSA) is 55.1 Å². The smallest absolute Gasteiger partial charge is 0.224 e. The van der Waals surface area contributed by atoms with Crippen molar-refractivity contribution in [2.45, 2.75) is 26.3 Å². The molecule has 0 aliphatic heterocycles. The Balaban J connectivity index is 2.28. The number of carbonyl (C=O) groups is 1. The molecule has 0 aromatic carbocycles. The molecule has 0 aliphatic rings. The van der Waals surface area contributed by atoms with Gasteiger partial charge in [0.25, 0.3) is 0 Å². The lowest BCUT2D eigenvalue weighted by molar-refractivity contribution is -0.124. The van der Waals surface area contributed by atoms with E-state index in [1.54, 1.807) is 11.3 Å². The van der Waals surface area contributed by atoms with Gasteiger partial charge in [-0.1, -0.05) is 18.5 Å². The van der Waals surface area contributed by atoms with Crippen LogP contribution in [0.25, 0.3) is 0 Å². The fourth-order valence-electron chi connectivity index (χ4n) is 1.19. The van der Waals surface area contributed by atoms with Gasteiger partial charge < -0.3 is 11.1 Å². The average molecular weight is 261 g/mol. The molecule has 2 atom stereocenters. The number of halogens is 1. The van der Waals surface area contributed by atoms with E-state index >= 15 is 0 Å². The molecule has 3 nitrogen and oxygen atoms in total. The van der Waals surface area contributed by atoms with Crippen LogP contribution < -0.4 is 11.1 Å². The Kier molecular flexibility index (Phi) is 5.25. The lowest BCUT2D eigenvalue weighted by Gasteiger charge is -2.14. The molecule has 0 fully saturated rings. The van der Waals surface area contributed by atoms with Crippen LogP contribution in [-0.2, 0) is 11.2 Å². The predicted octanol–water partition coefficient (Wildman–Crippen LogP) is 2.04. The second-order valence-corrected chi connectivity index (χ2v) is 5.69. The zero-order chi connectivity index (χ0) is 12.1. The van der Waals surface area contributed by atoms with Crippen LogP contribution in [0, 0.1) is 5.92 Å². The zero-order valence-electron chi connectivity index (χ0n) is 9.50. The first-order chi connectivity index (χ1) is 7.50. The number of rotatable bonds is 5. The Morgan fingerprint density at radius 2 is 2.25 bits per heavy atom. The normalized spacial score (nSPS) is 14.5. The second kappa shape index (κ2) is 6.23. The highest BCUT2D eigenvalue weighted by molar-refractivity contribution is 7.16. The molecule has 3 N–H and O–H groups in total. The van der Waals surface area contributed by atoms with Crippen molar-refractivity contribution in [2.24, 2.45) is 11.7 Å². The van der Waals surface area contributed by atoms with Crippen LogP contribution in [0.5, 0.6) is 0 Å². The molecule has 1 amide bonds. The Hall–Kier alpha value is -0.580. The predicted molar refractivity (Wildman–Crippen MR) is 68.9 cm³/mol. The summed E-state index contributed by atoms with van der Waals surface area (Å²) in [6.45, 7) is 4.30. The highest BCUT2D eigenvalue weighted by atomic mass is 35.5. The maximum absolute atomic E-state index is 11.6. The Morgan fingerprint density at radius 3 is 2.75 bits per heavy atom. The molecule has 2 unspecified atom stereocenters.